The Hall–Kier alpha value is -3.28. The molecular formula is C30H27BrN4OS. The van der Waals surface area contributed by atoms with Crippen molar-refractivity contribution >= 4 is 32.8 Å². The van der Waals surface area contributed by atoms with E-state index in [1.54, 1.807) is 0 Å². The summed E-state index contributed by atoms with van der Waals surface area (Å²) in [5.74, 6) is 0.0790. The molecule has 1 aliphatic heterocycles. The van der Waals surface area contributed by atoms with Gasteiger partial charge in [0.05, 0.1) is 18.3 Å². The smallest absolute Gasteiger partial charge is 0.138 e. The van der Waals surface area contributed by atoms with Crippen LogP contribution in [0.4, 0.5) is 0 Å². The van der Waals surface area contributed by atoms with E-state index in [1.165, 1.54) is 22.5 Å². The highest BCUT2D eigenvalue weighted by molar-refractivity contribution is 9.10. The summed E-state index contributed by atoms with van der Waals surface area (Å²) in [4.78, 5) is 9.34. The third-order valence-electron chi connectivity index (χ3n) is 6.63. The molecular weight excluding hydrogens is 544 g/mol. The third-order valence-corrected chi connectivity index (χ3v) is 8.02. The Bertz CT molecular complexity index is 1350. The maximum absolute atomic E-state index is 10.9. The molecule has 1 N–H and O–H groups in total. The van der Waals surface area contributed by atoms with E-state index in [4.69, 9.17) is 0 Å². The minimum absolute atomic E-state index is 0.0790. The molecule has 1 fully saturated rings. The molecule has 0 saturated carbocycles. The lowest BCUT2D eigenvalue weighted by molar-refractivity contribution is 0.108. The van der Waals surface area contributed by atoms with Gasteiger partial charge in [0.25, 0.3) is 0 Å². The molecule has 0 amide bonds. The van der Waals surface area contributed by atoms with Gasteiger partial charge in [0.2, 0.25) is 0 Å². The van der Waals surface area contributed by atoms with E-state index in [0.29, 0.717) is 11.6 Å². The molecule has 0 spiro atoms. The van der Waals surface area contributed by atoms with Gasteiger partial charge in [0, 0.05) is 41.6 Å². The number of allylic oxidation sites excluding steroid dienone is 1. The van der Waals surface area contributed by atoms with Crippen molar-refractivity contribution in [3.05, 3.63) is 117 Å². The summed E-state index contributed by atoms with van der Waals surface area (Å²) in [5, 5.41) is 23.2. The minimum Gasteiger partial charge on any atom is -0.509 e. The van der Waals surface area contributed by atoms with Crippen LogP contribution in [-0.4, -0.2) is 52.6 Å². The summed E-state index contributed by atoms with van der Waals surface area (Å²) in [5.41, 5.74) is 4.59. The molecule has 0 bridgehead atoms. The Morgan fingerprint density at radius 2 is 1.51 bits per heavy atom. The molecule has 0 unspecified atom stereocenters. The van der Waals surface area contributed by atoms with Crippen LogP contribution in [0.5, 0.6) is 0 Å². The maximum atomic E-state index is 10.9. The molecule has 5 nitrogen and oxygen atoms in total. The van der Waals surface area contributed by atoms with E-state index in [1.807, 2.05) is 29.6 Å². The Morgan fingerprint density at radius 3 is 2.08 bits per heavy atom. The SMILES string of the molecule is N#C/C(=C(/O)CN1CCN(C(c2ccccc2)c2ccccc2)CC1)c1nc(-c2ccc(Br)cc2)cs1. The number of benzene rings is 3. The first-order valence-corrected chi connectivity index (χ1v) is 13.9. The number of rotatable bonds is 7. The van der Waals surface area contributed by atoms with Gasteiger partial charge in [0.15, 0.2) is 0 Å². The van der Waals surface area contributed by atoms with Crippen LogP contribution in [-0.2, 0) is 0 Å². The first-order chi connectivity index (χ1) is 18.1. The zero-order valence-electron chi connectivity index (χ0n) is 20.3. The van der Waals surface area contributed by atoms with Crippen LogP contribution in [0.1, 0.15) is 22.2 Å². The van der Waals surface area contributed by atoms with Crippen molar-refractivity contribution in [3.63, 3.8) is 0 Å². The molecule has 7 heteroatoms. The number of aromatic nitrogens is 1. The van der Waals surface area contributed by atoms with Gasteiger partial charge >= 0.3 is 0 Å². The summed E-state index contributed by atoms with van der Waals surface area (Å²) in [7, 11) is 0. The van der Waals surface area contributed by atoms with Gasteiger partial charge in [-0.15, -0.1) is 11.3 Å². The number of aliphatic hydroxyl groups excluding tert-OH is 1. The molecule has 5 rings (SSSR count). The largest absolute Gasteiger partial charge is 0.509 e. The Balaban J connectivity index is 1.28. The molecule has 2 heterocycles. The zero-order valence-corrected chi connectivity index (χ0v) is 22.7. The number of hydrogen-bond acceptors (Lipinski definition) is 6. The lowest BCUT2D eigenvalue weighted by atomic mass is 9.96. The summed E-state index contributed by atoms with van der Waals surface area (Å²) in [6.45, 7) is 3.69. The molecule has 186 valence electrons. The van der Waals surface area contributed by atoms with Crippen molar-refractivity contribution in [3.8, 4) is 17.3 Å². The predicted octanol–water partition coefficient (Wildman–Crippen LogP) is 6.77. The zero-order chi connectivity index (χ0) is 25.6. The Morgan fingerprint density at radius 1 is 0.919 bits per heavy atom. The quantitative estimate of drug-likeness (QED) is 0.196. The lowest BCUT2D eigenvalue weighted by Crippen LogP contribution is -2.48. The summed E-state index contributed by atoms with van der Waals surface area (Å²) in [6, 6.07) is 31.5. The van der Waals surface area contributed by atoms with Crippen LogP contribution in [0.25, 0.3) is 16.8 Å². The van der Waals surface area contributed by atoms with E-state index in [9.17, 15) is 10.4 Å². The second-order valence-electron chi connectivity index (χ2n) is 9.01. The highest BCUT2D eigenvalue weighted by Gasteiger charge is 2.27. The summed E-state index contributed by atoms with van der Waals surface area (Å²) in [6.07, 6.45) is 0. The fourth-order valence-electron chi connectivity index (χ4n) is 4.73. The van der Waals surface area contributed by atoms with Crippen molar-refractivity contribution in [1.29, 1.82) is 5.26 Å². The first-order valence-electron chi connectivity index (χ1n) is 12.2. The molecule has 1 saturated heterocycles. The summed E-state index contributed by atoms with van der Waals surface area (Å²) >= 11 is 4.83. The van der Waals surface area contributed by atoms with Gasteiger partial charge < -0.3 is 5.11 Å². The number of nitriles is 1. The van der Waals surface area contributed by atoms with E-state index in [0.717, 1.165) is 41.9 Å². The Kier molecular flexibility index (Phi) is 8.12. The van der Waals surface area contributed by atoms with Gasteiger partial charge in [-0.2, -0.15) is 5.26 Å². The highest BCUT2D eigenvalue weighted by atomic mass is 79.9. The van der Waals surface area contributed by atoms with E-state index >= 15 is 0 Å². The predicted molar refractivity (Wildman–Crippen MR) is 153 cm³/mol. The van der Waals surface area contributed by atoms with Gasteiger partial charge in [-0.3, -0.25) is 9.80 Å². The third kappa shape index (κ3) is 6.00. The van der Waals surface area contributed by atoms with Crippen molar-refractivity contribution < 1.29 is 5.11 Å². The number of piperazine rings is 1. The van der Waals surface area contributed by atoms with Crippen molar-refractivity contribution in [2.75, 3.05) is 32.7 Å². The number of thiazole rings is 1. The monoisotopic (exact) mass is 570 g/mol. The Labute approximate surface area is 230 Å². The number of hydrogen-bond donors (Lipinski definition) is 1. The molecule has 0 atom stereocenters. The fraction of sp³-hybridized carbons (Fsp3) is 0.200. The first kappa shape index (κ1) is 25.4. The van der Waals surface area contributed by atoms with Crippen LogP contribution in [0, 0.1) is 11.3 Å². The number of nitrogens with zero attached hydrogens (tertiary/aromatic N) is 4. The summed E-state index contributed by atoms with van der Waals surface area (Å²) < 4.78 is 1.00. The van der Waals surface area contributed by atoms with Gasteiger partial charge in [-0.1, -0.05) is 88.7 Å². The van der Waals surface area contributed by atoms with Crippen LogP contribution in [0.2, 0.25) is 0 Å². The lowest BCUT2D eigenvalue weighted by Gasteiger charge is -2.39. The van der Waals surface area contributed by atoms with Crippen molar-refractivity contribution in [2.24, 2.45) is 0 Å². The van der Waals surface area contributed by atoms with Gasteiger partial charge in [-0.25, -0.2) is 4.98 Å². The standard InChI is InChI=1S/C30H27BrN4OS/c31-25-13-11-22(12-14-25)27-21-37-30(33-27)26(19-32)28(36)20-34-15-17-35(18-16-34)29(23-7-3-1-4-8-23)24-9-5-2-6-10-24/h1-14,21,29,36H,15-18,20H2/b28-26-. The molecule has 1 aliphatic rings. The fourth-order valence-corrected chi connectivity index (χ4v) is 5.84. The van der Waals surface area contributed by atoms with Crippen molar-refractivity contribution in [1.82, 2.24) is 14.8 Å². The molecule has 37 heavy (non-hydrogen) atoms. The van der Waals surface area contributed by atoms with Gasteiger partial charge in [-0.05, 0) is 23.3 Å². The van der Waals surface area contributed by atoms with Crippen LogP contribution in [0.15, 0.2) is 101 Å². The van der Waals surface area contributed by atoms with E-state index < -0.39 is 0 Å². The highest BCUT2D eigenvalue weighted by Crippen LogP contribution is 2.31. The molecule has 0 radical (unpaired) electrons. The average molecular weight is 572 g/mol. The van der Waals surface area contributed by atoms with Crippen molar-refractivity contribution in [2.45, 2.75) is 6.04 Å². The second kappa shape index (κ2) is 11.8. The van der Waals surface area contributed by atoms with E-state index in [2.05, 4.69) is 97.4 Å². The topological polar surface area (TPSA) is 63.4 Å². The maximum Gasteiger partial charge on any atom is 0.138 e. The normalized spacial score (nSPS) is 15.4. The molecule has 4 aromatic rings. The average Bonchev–Trinajstić information content (AvgIpc) is 3.42. The van der Waals surface area contributed by atoms with Crippen LogP contribution >= 0.6 is 27.3 Å². The number of halogens is 1. The second-order valence-corrected chi connectivity index (χ2v) is 10.8. The molecule has 0 aliphatic carbocycles. The van der Waals surface area contributed by atoms with Gasteiger partial charge in [0.1, 0.15) is 22.4 Å². The minimum atomic E-state index is 0.0790. The van der Waals surface area contributed by atoms with E-state index in [-0.39, 0.29) is 17.4 Å². The molecule has 3 aromatic carbocycles. The van der Waals surface area contributed by atoms with Crippen LogP contribution < -0.4 is 0 Å². The van der Waals surface area contributed by atoms with Crippen LogP contribution in [0.3, 0.4) is 0 Å². The molecule has 1 aromatic heterocycles. The number of aliphatic hydroxyl groups is 1.